The summed E-state index contributed by atoms with van der Waals surface area (Å²) in [5.74, 6) is 1.61. The number of rotatable bonds is 2. The van der Waals surface area contributed by atoms with Gasteiger partial charge in [0, 0.05) is 12.6 Å². The minimum absolute atomic E-state index is 0.568. The molecule has 17 heavy (non-hydrogen) atoms. The number of nitrogens with two attached hydrogens (primary N) is 1. The first-order valence-corrected chi connectivity index (χ1v) is 7.46. The van der Waals surface area contributed by atoms with Crippen LogP contribution in [-0.2, 0) is 0 Å². The topological polar surface area (TPSA) is 29.3 Å². The van der Waals surface area contributed by atoms with Gasteiger partial charge in [0.2, 0.25) is 0 Å². The molecule has 3 unspecified atom stereocenters. The van der Waals surface area contributed by atoms with Gasteiger partial charge in [0.05, 0.1) is 0 Å². The molecular weight excluding hydrogens is 208 g/mol. The lowest BCUT2D eigenvalue weighted by atomic mass is 9.70. The Morgan fingerprint density at radius 3 is 2.71 bits per heavy atom. The van der Waals surface area contributed by atoms with Crippen LogP contribution in [0.5, 0.6) is 0 Å². The lowest BCUT2D eigenvalue weighted by Crippen LogP contribution is -2.49. The second-order valence-electron chi connectivity index (χ2n) is 7.19. The zero-order valence-electron chi connectivity index (χ0n) is 11.9. The van der Waals surface area contributed by atoms with Crippen LogP contribution in [0.1, 0.15) is 52.9 Å². The fourth-order valence-electron chi connectivity index (χ4n) is 4.07. The Morgan fingerprint density at radius 1 is 1.29 bits per heavy atom. The third-order valence-electron chi connectivity index (χ3n) is 5.00. The number of likely N-dealkylation sites (tertiary alicyclic amines) is 1. The van der Waals surface area contributed by atoms with Crippen molar-refractivity contribution >= 4 is 0 Å². The molecule has 3 atom stereocenters. The zero-order valence-corrected chi connectivity index (χ0v) is 11.9. The third kappa shape index (κ3) is 3.23. The molecule has 2 N–H and O–H groups in total. The molecular formula is C15H30N2. The molecule has 0 aromatic rings. The first-order valence-electron chi connectivity index (χ1n) is 7.46. The molecule has 2 aliphatic rings. The van der Waals surface area contributed by atoms with Gasteiger partial charge < -0.3 is 5.73 Å². The highest BCUT2D eigenvalue weighted by Crippen LogP contribution is 2.41. The minimum atomic E-state index is 0.568. The van der Waals surface area contributed by atoms with Gasteiger partial charge in [-0.3, -0.25) is 4.90 Å². The predicted octanol–water partition coefficient (Wildman–Crippen LogP) is 2.87. The van der Waals surface area contributed by atoms with E-state index in [2.05, 4.69) is 25.7 Å². The molecule has 2 fully saturated rings. The average molecular weight is 238 g/mol. The Kier molecular flexibility index (Phi) is 4.14. The van der Waals surface area contributed by atoms with Crippen molar-refractivity contribution in [2.75, 3.05) is 19.6 Å². The van der Waals surface area contributed by atoms with E-state index >= 15 is 0 Å². The number of piperidine rings is 1. The molecule has 1 saturated heterocycles. The highest BCUT2D eigenvalue weighted by atomic mass is 15.2. The van der Waals surface area contributed by atoms with Crippen molar-refractivity contribution in [3.63, 3.8) is 0 Å². The van der Waals surface area contributed by atoms with E-state index in [-0.39, 0.29) is 0 Å². The molecule has 0 radical (unpaired) electrons. The summed E-state index contributed by atoms with van der Waals surface area (Å²) in [6, 6.07) is 0.831. The summed E-state index contributed by atoms with van der Waals surface area (Å²) in [5, 5.41) is 0. The van der Waals surface area contributed by atoms with Gasteiger partial charge in [0.25, 0.3) is 0 Å². The molecule has 0 aromatic heterocycles. The van der Waals surface area contributed by atoms with Crippen LogP contribution >= 0.6 is 0 Å². The van der Waals surface area contributed by atoms with E-state index in [0.29, 0.717) is 5.41 Å². The Bertz CT molecular complexity index is 249. The minimum Gasteiger partial charge on any atom is -0.330 e. The summed E-state index contributed by atoms with van der Waals surface area (Å²) < 4.78 is 0. The van der Waals surface area contributed by atoms with Gasteiger partial charge in [-0.05, 0) is 62.4 Å². The normalized spacial score (nSPS) is 39.2. The van der Waals surface area contributed by atoms with Gasteiger partial charge in [-0.15, -0.1) is 0 Å². The van der Waals surface area contributed by atoms with E-state index < -0.39 is 0 Å². The van der Waals surface area contributed by atoms with Crippen molar-refractivity contribution in [3.8, 4) is 0 Å². The second-order valence-corrected chi connectivity index (χ2v) is 7.19. The van der Waals surface area contributed by atoms with Gasteiger partial charge in [-0.25, -0.2) is 0 Å². The Morgan fingerprint density at radius 2 is 2.06 bits per heavy atom. The Balaban J connectivity index is 1.93. The molecule has 100 valence electrons. The second kappa shape index (κ2) is 5.27. The maximum atomic E-state index is 5.85. The summed E-state index contributed by atoms with van der Waals surface area (Å²) in [6.07, 6.45) is 6.88. The van der Waals surface area contributed by atoms with E-state index in [1.807, 2.05) is 0 Å². The molecule has 1 aliphatic carbocycles. The van der Waals surface area contributed by atoms with Crippen molar-refractivity contribution in [2.24, 2.45) is 23.0 Å². The molecule has 2 rings (SSSR count). The fourth-order valence-corrected chi connectivity index (χ4v) is 4.07. The first-order chi connectivity index (χ1) is 8.02. The van der Waals surface area contributed by atoms with Crippen LogP contribution in [0.3, 0.4) is 0 Å². The van der Waals surface area contributed by atoms with Crippen LogP contribution in [-0.4, -0.2) is 30.6 Å². The van der Waals surface area contributed by atoms with Gasteiger partial charge in [-0.2, -0.15) is 0 Å². The summed E-state index contributed by atoms with van der Waals surface area (Å²) in [5.41, 5.74) is 6.41. The standard InChI is InChI=1S/C15H30N2/c1-12-9-15(2,3)7-6-14(12)17-8-4-5-13(10-16)11-17/h12-14H,4-11,16H2,1-3H3. The highest BCUT2D eigenvalue weighted by molar-refractivity contribution is 4.90. The van der Waals surface area contributed by atoms with Crippen molar-refractivity contribution in [3.05, 3.63) is 0 Å². The van der Waals surface area contributed by atoms with E-state index in [1.165, 1.54) is 45.2 Å². The highest BCUT2D eigenvalue weighted by Gasteiger charge is 2.36. The molecule has 1 heterocycles. The fraction of sp³-hybridized carbons (Fsp3) is 1.00. The summed E-state index contributed by atoms with van der Waals surface area (Å²) in [7, 11) is 0. The average Bonchev–Trinajstić information content (AvgIpc) is 2.28. The van der Waals surface area contributed by atoms with Crippen LogP contribution in [0.15, 0.2) is 0 Å². The van der Waals surface area contributed by atoms with Crippen molar-refractivity contribution < 1.29 is 0 Å². The molecule has 0 bridgehead atoms. The predicted molar refractivity (Wildman–Crippen MR) is 73.9 cm³/mol. The largest absolute Gasteiger partial charge is 0.330 e. The molecule has 1 aliphatic heterocycles. The van der Waals surface area contributed by atoms with E-state index in [1.54, 1.807) is 0 Å². The lowest BCUT2D eigenvalue weighted by Gasteiger charge is -2.47. The maximum Gasteiger partial charge on any atom is 0.0121 e. The van der Waals surface area contributed by atoms with Crippen molar-refractivity contribution in [1.82, 2.24) is 4.90 Å². The van der Waals surface area contributed by atoms with Gasteiger partial charge >= 0.3 is 0 Å². The quantitative estimate of drug-likeness (QED) is 0.801. The molecule has 0 spiro atoms. The monoisotopic (exact) mass is 238 g/mol. The maximum absolute atomic E-state index is 5.85. The van der Waals surface area contributed by atoms with Crippen molar-refractivity contribution in [1.29, 1.82) is 0 Å². The summed E-state index contributed by atoms with van der Waals surface area (Å²) in [4.78, 5) is 2.75. The Labute approximate surface area is 107 Å². The van der Waals surface area contributed by atoms with Gasteiger partial charge in [-0.1, -0.05) is 20.8 Å². The number of hydrogen-bond acceptors (Lipinski definition) is 2. The van der Waals surface area contributed by atoms with Crippen molar-refractivity contribution in [2.45, 2.75) is 58.9 Å². The van der Waals surface area contributed by atoms with Crippen LogP contribution in [0.2, 0.25) is 0 Å². The summed E-state index contributed by atoms with van der Waals surface area (Å²) in [6.45, 7) is 10.8. The molecule has 1 saturated carbocycles. The van der Waals surface area contributed by atoms with Crippen LogP contribution < -0.4 is 5.73 Å². The van der Waals surface area contributed by atoms with Gasteiger partial charge in [0.15, 0.2) is 0 Å². The molecule has 0 aromatic carbocycles. The zero-order chi connectivity index (χ0) is 12.5. The van der Waals surface area contributed by atoms with Crippen LogP contribution in [0.4, 0.5) is 0 Å². The molecule has 2 heteroatoms. The third-order valence-corrected chi connectivity index (χ3v) is 5.00. The van der Waals surface area contributed by atoms with Gasteiger partial charge in [0.1, 0.15) is 0 Å². The molecule has 2 nitrogen and oxygen atoms in total. The van der Waals surface area contributed by atoms with Crippen LogP contribution in [0.25, 0.3) is 0 Å². The number of hydrogen-bond donors (Lipinski definition) is 1. The van der Waals surface area contributed by atoms with Crippen LogP contribution in [0, 0.1) is 17.3 Å². The SMILES string of the molecule is CC1CC(C)(C)CCC1N1CCCC(CN)C1. The summed E-state index contributed by atoms with van der Waals surface area (Å²) >= 11 is 0. The van der Waals surface area contributed by atoms with E-state index in [4.69, 9.17) is 5.73 Å². The first kappa shape index (κ1) is 13.4. The number of nitrogens with zero attached hydrogens (tertiary/aromatic N) is 1. The molecule has 0 amide bonds. The van der Waals surface area contributed by atoms with E-state index in [9.17, 15) is 0 Å². The smallest absolute Gasteiger partial charge is 0.0121 e. The Hall–Kier alpha value is -0.0800. The van der Waals surface area contributed by atoms with E-state index in [0.717, 1.165) is 24.4 Å². The lowest BCUT2D eigenvalue weighted by molar-refractivity contribution is 0.0340.